The molecule has 1 aromatic carbocycles. The van der Waals surface area contributed by atoms with E-state index in [-0.39, 0.29) is 6.04 Å². The summed E-state index contributed by atoms with van der Waals surface area (Å²) in [7, 11) is 1.62. The van der Waals surface area contributed by atoms with Crippen LogP contribution in [-0.2, 0) is 6.42 Å². The predicted octanol–water partition coefficient (Wildman–Crippen LogP) is 1.71. The highest BCUT2D eigenvalue weighted by Crippen LogP contribution is 2.21. The quantitative estimate of drug-likeness (QED) is 0.739. The minimum absolute atomic E-state index is 0.370. The highest BCUT2D eigenvalue weighted by molar-refractivity contribution is 5.55. The molecule has 108 valence electrons. The molecule has 0 saturated heterocycles. The number of nitrogens with one attached hydrogen (secondary N) is 1. The largest absolute Gasteiger partial charge is 0.497 e. The van der Waals surface area contributed by atoms with E-state index in [9.17, 15) is 0 Å². The van der Waals surface area contributed by atoms with Gasteiger partial charge in [-0.15, -0.1) is 0 Å². The lowest BCUT2D eigenvalue weighted by Crippen LogP contribution is -2.13. The first kappa shape index (κ1) is 13.3. The second kappa shape index (κ2) is 5.76. The molecule has 3 aromatic rings. The normalized spacial score (nSPS) is 12.3. The van der Waals surface area contributed by atoms with E-state index >= 15 is 0 Å². The van der Waals surface area contributed by atoms with Crippen LogP contribution < -0.4 is 10.5 Å². The fourth-order valence-corrected chi connectivity index (χ4v) is 1.96. The maximum Gasteiger partial charge on any atom is 0.244 e. The van der Waals surface area contributed by atoms with Crippen LogP contribution in [0, 0.1) is 0 Å². The summed E-state index contributed by atoms with van der Waals surface area (Å²) in [4.78, 5) is 11.3. The number of imidazole rings is 1. The van der Waals surface area contributed by atoms with Crippen molar-refractivity contribution >= 4 is 0 Å². The van der Waals surface area contributed by atoms with Crippen molar-refractivity contribution in [1.82, 2.24) is 20.1 Å². The van der Waals surface area contributed by atoms with Gasteiger partial charge in [-0.2, -0.15) is 4.98 Å². The van der Waals surface area contributed by atoms with E-state index in [1.54, 1.807) is 19.6 Å². The topological polar surface area (TPSA) is 103 Å². The van der Waals surface area contributed by atoms with Crippen LogP contribution in [0.3, 0.4) is 0 Å². The summed E-state index contributed by atoms with van der Waals surface area (Å²) >= 11 is 0. The van der Waals surface area contributed by atoms with E-state index in [4.69, 9.17) is 15.0 Å². The molecule has 3 N–H and O–H groups in total. The van der Waals surface area contributed by atoms with Crippen LogP contribution in [0.25, 0.3) is 11.4 Å². The van der Waals surface area contributed by atoms with Gasteiger partial charge >= 0.3 is 0 Å². The Morgan fingerprint density at radius 3 is 2.81 bits per heavy atom. The molecule has 21 heavy (non-hydrogen) atoms. The van der Waals surface area contributed by atoms with E-state index in [1.165, 1.54) is 0 Å². The zero-order valence-electron chi connectivity index (χ0n) is 11.5. The van der Waals surface area contributed by atoms with Crippen molar-refractivity contribution in [2.24, 2.45) is 5.73 Å². The van der Waals surface area contributed by atoms with Gasteiger partial charge in [0.1, 0.15) is 5.75 Å². The van der Waals surface area contributed by atoms with E-state index in [1.807, 2.05) is 24.3 Å². The van der Waals surface area contributed by atoms with E-state index in [0.29, 0.717) is 18.1 Å². The highest BCUT2D eigenvalue weighted by Gasteiger charge is 2.16. The second-order valence-corrected chi connectivity index (χ2v) is 4.57. The van der Waals surface area contributed by atoms with E-state index in [2.05, 4.69) is 20.1 Å². The Kier molecular flexibility index (Phi) is 3.65. The molecule has 7 heteroatoms. The molecule has 0 aliphatic carbocycles. The maximum atomic E-state index is 6.06. The zero-order chi connectivity index (χ0) is 14.7. The van der Waals surface area contributed by atoms with Crippen LogP contribution in [0.2, 0.25) is 0 Å². The van der Waals surface area contributed by atoms with Crippen molar-refractivity contribution in [3.63, 3.8) is 0 Å². The average Bonchev–Trinajstić information content (AvgIpc) is 3.18. The third kappa shape index (κ3) is 2.92. The summed E-state index contributed by atoms with van der Waals surface area (Å²) in [5, 5.41) is 3.96. The molecule has 0 saturated carbocycles. The summed E-state index contributed by atoms with van der Waals surface area (Å²) in [6.07, 6.45) is 3.89. The van der Waals surface area contributed by atoms with Crippen molar-refractivity contribution in [1.29, 1.82) is 0 Å². The van der Waals surface area contributed by atoms with Gasteiger partial charge in [-0.05, 0) is 24.3 Å². The number of nitrogens with zero attached hydrogens (tertiary/aromatic N) is 3. The molecule has 1 atom stereocenters. The standard InChI is InChI=1S/C14H15N5O2/c1-20-11-4-2-9(3-5-11)13-18-14(21-19-13)12(15)6-10-7-16-8-17-10/h2-5,7-8,12H,6,15H2,1H3,(H,16,17)/t12-/m0/s1. The number of benzene rings is 1. The lowest BCUT2D eigenvalue weighted by molar-refractivity contribution is 0.354. The Balaban J connectivity index is 1.75. The number of ether oxygens (including phenoxy) is 1. The fourth-order valence-electron chi connectivity index (χ4n) is 1.96. The molecular weight excluding hydrogens is 270 g/mol. The number of nitrogens with two attached hydrogens (primary N) is 1. The average molecular weight is 285 g/mol. The Morgan fingerprint density at radius 1 is 1.33 bits per heavy atom. The Morgan fingerprint density at radius 2 is 2.14 bits per heavy atom. The SMILES string of the molecule is COc1ccc(-c2noc([C@@H](N)Cc3cnc[nH]3)n2)cc1. The second-order valence-electron chi connectivity index (χ2n) is 4.57. The summed E-state index contributed by atoms with van der Waals surface area (Å²) in [5.74, 6) is 1.68. The number of methoxy groups -OCH3 is 1. The first-order valence-corrected chi connectivity index (χ1v) is 6.47. The minimum atomic E-state index is -0.370. The minimum Gasteiger partial charge on any atom is -0.497 e. The summed E-state index contributed by atoms with van der Waals surface area (Å²) in [6.45, 7) is 0. The third-order valence-electron chi connectivity index (χ3n) is 3.10. The van der Waals surface area contributed by atoms with E-state index < -0.39 is 0 Å². The molecule has 0 radical (unpaired) electrons. The number of aromatic nitrogens is 4. The Hall–Kier alpha value is -2.67. The summed E-state index contributed by atoms with van der Waals surface area (Å²) in [6, 6.07) is 7.05. The fraction of sp³-hybridized carbons (Fsp3) is 0.214. The van der Waals surface area contributed by atoms with Crippen molar-refractivity contribution < 1.29 is 9.26 Å². The number of hydrogen-bond donors (Lipinski definition) is 2. The molecule has 7 nitrogen and oxygen atoms in total. The zero-order valence-corrected chi connectivity index (χ0v) is 11.5. The van der Waals surface area contributed by atoms with Crippen LogP contribution in [0.1, 0.15) is 17.6 Å². The molecule has 0 fully saturated rings. The molecule has 0 unspecified atom stereocenters. The van der Waals surface area contributed by atoms with Crippen LogP contribution >= 0.6 is 0 Å². The first-order chi connectivity index (χ1) is 10.3. The summed E-state index contributed by atoms with van der Waals surface area (Å²) in [5.41, 5.74) is 7.83. The van der Waals surface area contributed by atoms with Crippen LogP contribution in [0.4, 0.5) is 0 Å². The van der Waals surface area contributed by atoms with Gasteiger partial charge < -0.3 is 20.0 Å². The van der Waals surface area contributed by atoms with Crippen molar-refractivity contribution in [2.75, 3.05) is 7.11 Å². The van der Waals surface area contributed by atoms with Crippen LogP contribution in [0.15, 0.2) is 41.3 Å². The highest BCUT2D eigenvalue weighted by atomic mass is 16.5. The smallest absolute Gasteiger partial charge is 0.244 e. The maximum absolute atomic E-state index is 6.06. The molecule has 0 aliphatic heterocycles. The van der Waals surface area contributed by atoms with Crippen LogP contribution in [0.5, 0.6) is 5.75 Å². The van der Waals surface area contributed by atoms with Crippen molar-refractivity contribution in [3.05, 3.63) is 48.4 Å². The van der Waals surface area contributed by atoms with Gasteiger partial charge in [0.05, 0.1) is 19.5 Å². The van der Waals surface area contributed by atoms with Crippen LogP contribution in [-0.4, -0.2) is 27.2 Å². The molecule has 3 rings (SSSR count). The monoisotopic (exact) mass is 285 g/mol. The number of H-pyrrole nitrogens is 1. The Bertz CT molecular complexity index is 690. The van der Waals surface area contributed by atoms with Gasteiger partial charge in [-0.25, -0.2) is 4.98 Å². The third-order valence-corrected chi connectivity index (χ3v) is 3.10. The summed E-state index contributed by atoms with van der Waals surface area (Å²) < 4.78 is 10.3. The molecule has 0 bridgehead atoms. The molecule has 2 aromatic heterocycles. The number of aromatic amines is 1. The van der Waals surface area contributed by atoms with Gasteiger partial charge in [0.2, 0.25) is 11.7 Å². The molecular formula is C14H15N5O2. The molecule has 0 amide bonds. The van der Waals surface area contributed by atoms with Gasteiger partial charge in [0, 0.05) is 23.9 Å². The van der Waals surface area contributed by atoms with Crippen molar-refractivity contribution in [3.8, 4) is 17.1 Å². The van der Waals surface area contributed by atoms with Gasteiger partial charge in [-0.1, -0.05) is 5.16 Å². The van der Waals surface area contributed by atoms with Gasteiger partial charge in [0.15, 0.2) is 0 Å². The first-order valence-electron chi connectivity index (χ1n) is 6.47. The number of rotatable bonds is 5. The number of hydrogen-bond acceptors (Lipinski definition) is 6. The Labute approximate surface area is 121 Å². The van der Waals surface area contributed by atoms with E-state index in [0.717, 1.165) is 17.0 Å². The van der Waals surface area contributed by atoms with Gasteiger partial charge in [-0.3, -0.25) is 0 Å². The lowest BCUT2D eigenvalue weighted by Gasteiger charge is -2.03. The molecule has 2 heterocycles. The predicted molar refractivity (Wildman–Crippen MR) is 75.5 cm³/mol. The lowest BCUT2D eigenvalue weighted by atomic mass is 10.2. The van der Waals surface area contributed by atoms with Gasteiger partial charge in [0.25, 0.3) is 0 Å². The molecule has 0 spiro atoms. The molecule has 0 aliphatic rings. The van der Waals surface area contributed by atoms with Crippen molar-refractivity contribution in [2.45, 2.75) is 12.5 Å².